The van der Waals surface area contributed by atoms with Gasteiger partial charge < -0.3 is 9.47 Å². The number of nitro benzene ring substituents is 1. The molecule has 0 unspecified atom stereocenters. The zero-order chi connectivity index (χ0) is 26.5. The van der Waals surface area contributed by atoms with Gasteiger partial charge in [0.25, 0.3) is 16.8 Å². The predicted molar refractivity (Wildman–Crippen MR) is 143 cm³/mol. The van der Waals surface area contributed by atoms with E-state index >= 15 is 0 Å². The fourth-order valence-corrected chi connectivity index (χ4v) is 4.88. The van der Waals surface area contributed by atoms with E-state index in [4.69, 9.17) is 21.1 Å². The van der Waals surface area contributed by atoms with Crippen LogP contribution in [0.15, 0.2) is 65.6 Å². The molecule has 10 heteroatoms. The molecule has 0 atom stereocenters. The van der Waals surface area contributed by atoms with Gasteiger partial charge in [0.15, 0.2) is 11.5 Å². The molecule has 1 aliphatic rings. The van der Waals surface area contributed by atoms with E-state index in [9.17, 15) is 19.7 Å². The number of aryl methyl sites for hydroxylation is 1. The number of rotatable bonds is 9. The molecule has 0 aromatic heterocycles. The SMILES string of the molecule is CCOc1cc(/C=C2/SC(=O)N(Cc3cccc([N+](=O)[O-])c3)C2=O)cc(Cl)c1OCc1cccc(C)c1. The molecule has 0 saturated carbocycles. The van der Waals surface area contributed by atoms with Crippen LogP contribution in [0.2, 0.25) is 5.02 Å². The quantitative estimate of drug-likeness (QED) is 0.168. The smallest absolute Gasteiger partial charge is 0.293 e. The summed E-state index contributed by atoms with van der Waals surface area (Å²) in [6.07, 6.45) is 1.57. The van der Waals surface area contributed by atoms with Gasteiger partial charge in [-0.25, -0.2) is 0 Å². The van der Waals surface area contributed by atoms with Gasteiger partial charge in [0, 0.05) is 12.1 Å². The number of carbonyl (C=O) groups is 2. The highest BCUT2D eigenvalue weighted by molar-refractivity contribution is 8.18. The van der Waals surface area contributed by atoms with E-state index in [2.05, 4.69) is 0 Å². The standard InChI is InChI=1S/C27H23ClN2O6S/c1-3-35-23-13-20(12-22(28)25(23)36-16-19-8-4-6-17(2)10-19)14-24-26(31)29(27(32)37-24)15-18-7-5-9-21(11-18)30(33)34/h4-14H,3,15-16H2,1-2H3/b24-14+. The minimum absolute atomic E-state index is 0.0691. The highest BCUT2D eigenvalue weighted by Gasteiger charge is 2.35. The number of amides is 2. The molecule has 0 N–H and O–H groups in total. The average molecular weight is 539 g/mol. The molecule has 3 aromatic rings. The van der Waals surface area contributed by atoms with Gasteiger partial charge in [0.1, 0.15) is 6.61 Å². The Balaban J connectivity index is 1.55. The second-order valence-corrected chi connectivity index (χ2v) is 9.64. The molecule has 0 bridgehead atoms. The molecule has 2 amide bonds. The number of ether oxygens (including phenoxy) is 2. The number of thioether (sulfide) groups is 1. The average Bonchev–Trinajstić information content (AvgIpc) is 3.11. The Kier molecular flexibility index (Phi) is 8.15. The third kappa shape index (κ3) is 6.31. The van der Waals surface area contributed by atoms with Crippen molar-refractivity contribution in [1.82, 2.24) is 4.90 Å². The lowest BCUT2D eigenvalue weighted by Gasteiger charge is -2.15. The Hall–Kier alpha value is -3.82. The summed E-state index contributed by atoms with van der Waals surface area (Å²) < 4.78 is 11.7. The first-order chi connectivity index (χ1) is 17.7. The summed E-state index contributed by atoms with van der Waals surface area (Å²) >= 11 is 7.33. The highest BCUT2D eigenvalue weighted by atomic mass is 35.5. The number of carbonyl (C=O) groups excluding carboxylic acids is 2. The summed E-state index contributed by atoms with van der Waals surface area (Å²) in [5, 5.41) is 10.9. The Morgan fingerprint density at radius 3 is 2.54 bits per heavy atom. The van der Waals surface area contributed by atoms with E-state index in [1.807, 2.05) is 38.1 Å². The predicted octanol–water partition coefficient (Wildman–Crippen LogP) is 6.77. The van der Waals surface area contributed by atoms with Crippen LogP contribution in [0.4, 0.5) is 10.5 Å². The molecule has 1 fully saturated rings. The van der Waals surface area contributed by atoms with Gasteiger partial charge in [0.2, 0.25) is 0 Å². The first-order valence-electron chi connectivity index (χ1n) is 11.4. The molecule has 0 spiro atoms. The topological polar surface area (TPSA) is 99.0 Å². The summed E-state index contributed by atoms with van der Waals surface area (Å²) in [6, 6.07) is 17.1. The van der Waals surface area contributed by atoms with Crippen LogP contribution in [0.25, 0.3) is 6.08 Å². The highest BCUT2D eigenvalue weighted by Crippen LogP contribution is 2.40. The molecular formula is C27H23ClN2O6S. The van der Waals surface area contributed by atoms with Crippen molar-refractivity contribution in [1.29, 1.82) is 0 Å². The number of hydrogen-bond donors (Lipinski definition) is 0. The van der Waals surface area contributed by atoms with Crippen molar-refractivity contribution in [2.24, 2.45) is 0 Å². The fourth-order valence-electron chi connectivity index (χ4n) is 3.77. The Morgan fingerprint density at radius 2 is 1.81 bits per heavy atom. The summed E-state index contributed by atoms with van der Waals surface area (Å²) in [5.74, 6) is 0.320. The van der Waals surface area contributed by atoms with Gasteiger partial charge in [-0.05, 0) is 60.5 Å². The van der Waals surface area contributed by atoms with E-state index in [-0.39, 0.29) is 17.1 Å². The lowest BCUT2D eigenvalue weighted by molar-refractivity contribution is -0.384. The van der Waals surface area contributed by atoms with Crippen molar-refractivity contribution < 1.29 is 24.0 Å². The zero-order valence-electron chi connectivity index (χ0n) is 20.1. The van der Waals surface area contributed by atoms with Gasteiger partial charge in [-0.2, -0.15) is 0 Å². The second-order valence-electron chi connectivity index (χ2n) is 8.24. The maximum absolute atomic E-state index is 13.0. The number of nitrogens with zero attached hydrogens (tertiary/aromatic N) is 2. The van der Waals surface area contributed by atoms with Gasteiger partial charge in [-0.15, -0.1) is 0 Å². The van der Waals surface area contributed by atoms with Crippen molar-refractivity contribution in [3.05, 3.63) is 103 Å². The van der Waals surface area contributed by atoms with Crippen LogP contribution in [-0.4, -0.2) is 27.6 Å². The van der Waals surface area contributed by atoms with E-state index < -0.39 is 16.1 Å². The monoisotopic (exact) mass is 538 g/mol. The fraction of sp³-hybridized carbons (Fsp3) is 0.185. The molecule has 3 aromatic carbocycles. The minimum atomic E-state index is -0.523. The molecule has 1 saturated heterocycles. The third-order valence-corrected chi connectivity index (χ3v) is 6.62. The van der Waals surface area contributed by atoms with Gasteiger partial charge in [-0.3, -0.25) is 24.6 Å². The molecule has 37 heavy (non-hydrogen) atoms. The molecule has 4 rings (SSSR count). The molecular weight excluding hydrogens is 516 g/mol. The lowest BCUT2D eigenvalue weighted by atomic mass is 10.1. The Bertz CT molecular complexity index is 1410. The van der Waals surface area contributed by atoms with Crippen LogP contribution < -0.4 is 9.47 Å². The van der Waals surface area contributed by atoms with Crippen molar-refractivity contribution in [2.45, 2.75) is 27.0 Å². The number of nitro groups is 1. The first kappa shape index (κ1) is 26.2. The van der Waals surface area contributed by atoms with Crippen LogP contribution >= 0.6 is 23.4 Å². The molecule has 8 nitrogen and oxygen atoms in total. The summed E-state index contributed by atoms with van der Waals surface area (Å²) in [6.45, 7) is 4.45. The normalized spacial score (nSPS) is 14.4. The van der Waals surface area contributed by atoms with Crippen LogP contribution in [0.3, 0.4) is 0 Å². The van der Waals surface area contributed by atoms with Crippen LogP contribution in [0.1, 0.15) is 29.2 Å². The number of halogens is 1. The van der Waals surface area contributed by atoms with Gasteiger partial charge in [0.05, 0.1) is 28.0 Å². The maximum Gasteiger partial charge on any atom is 0.293 e. The van der Waals surface area contributed by atoms with Gasteiger partial charge >= 0.3 is 0 Å². The Morgan fingerprint density at radius 1 is 1.05 bits per heavy atom. The molecule has 190 valence electrons. The van der Waals surface area contributed by atoms with Crippen molar-refractivity contribution in [3.8, 4) is 11.5 Å². The van der Waals surface area contributed by atoms with E-state index in [0.717, 1.165) is 27.8 Å². The second kappa shape index (κ2) is 11.5. The number of benzene rings is 3. The first-order valence-corrected chi connectivity index (χ1v) is 12.6. The van der Waals surface area contributed by atoms with E-state index in [1.54, 1.807) is 24.3 Å². The molecule has 0 aliphatic carbocycles. The van der Waals surface area contributed by atoms with Crippen molar-refractivity contribution >= 4 is 46.3 Å². The van der Waals surface area contributed by atoms with E-state index in [0.29, 0.717) is 40.9 Å². The molecule has 0 radical (unpaired) electrons. The van der Waals surface area contributed by atoms with E-state index in [1.165, 1.54) is 18.2 Å². The summed E-state index contributed by atoms with van der Waals surface area (Å²) in [5.41, 5.74) is 3.04. The lowest BCUT2D eigenvalue weighted by Crippen LogP contribution is -2.27. The van der Waals surface area contributed by atoms with Crippen molar-refractivity contribution in [2.75, 3.05) is 6.61 Å². The third-order valence-electron chi connectivity index (χ3n) is 5.43. The largest absolute Gasteiger partial charge is 0.490 e. The molecule has 1 aliphatic heterocycles. The van der Waals surface area contributed by atoms with Crippen LogP contribution in [-0.2, 0) is 17.9 Å². The Labute approximate surface area is 223 Å². The van der Waals surface area contributed by atoms with Crippen molar-refractivity contribution in [3.63, 3.8) is 0 Å². The molecule has 1 heterocycles. The maximum atomic E-state index is 13.0. The number of imide groups is 1. The van der Waals surface area contributed by atoms with Crippen LogP contribution in [0, 0.1) is 17.0 Å². The minimum Gasteiger partial charge on any atom is -0.490 e. The summed E-state index contributed by atoms with van der Waals surface area (Å²) in [7, 11) is 0. The number of hydrogen-bond acceptors (Lipinski definition) is 7. The van der Waals surface area contributed by atoms with Crippen LogP contribution in [0.5, 0.6) is 11.5 Å². The summed E-state index contributed by atoms with van der Waals surface area (Å²) in [4.78, 5) is 37.3. The number of non-ortho nitro benzene ring substituents is 1. The van der Waals surface area contributed by atoms with Gasteiger partial charge in [-0.1, -0.05) is 53.6 Å². The zero-order valence-corrected chi connectivity index (χ0v) is 21.7.